The van der Waals surface area contributed by atoms with Crippen molar-refractivity contribution < 1.29 is 18.8 Å². The Labute approximate surface area is 96.8 Å². The second kappa shape index (κ2) is 5.19. The molecule has 0 amide bonds. The highest BCUT2D eigenvalue weighted by Crippen LogP contribution is 2.34. The molecule has 1 saturated carbocycles. The molecule has 2 fully saturated rings. The van der Waals surface area contributed by atoms with Crippen LogP contribution in [-0.2, 0) is 18.8 Å². The first-order chi connectivity index (χ1) is 7.73. The van der Waals surface area contributed by atoms with Gasteiger partial charge in [-0.15, -0.1) is 0 Å². The molecule has 0 radical (unpaired) electrons. The molecule has 2 aliphatic rings. The molecule has 16 heavy (non-hydrogen) atoms. The normalized spacial score (nSPS) is 26.4. The third-order valence-electron chi connectivity index (χ3n) is 3.47. The molecular weight excluding hydrogens is 207 g/mol. The summed E-state index contributed by atoms with van der Waals surface area (Å²) in [7, 11) is -0.0939. The summed E-state index contributed by atoms with van der Waals surface area (Å²) in [5.41, 5.74) is -0.604. The van der Waals surface area contributed by atoms with E-state index < -0.39 is 5.60 Å². The van der Waals surface area contributed by atoms with Gasteiger partial charge in [-0.25, -0.2) is 0 Å². The van der Waals surface area contributed by atoms with E-state index in [9.17, 15) is 4.79 Å². The van der Waals surface area contributed by atoms with Crippen LogP contribution in [0.25, 0.3) is 0 Å². The van der Waals surface area contributed by atoms with Gasteiger partial charge in [0, 0.05) is 0 Å². The van der Waals surface area contributed by atoms with Crippen LogP contribution in [0.15, 0.2) is 0 Å². The van der Waals surface area contributed by atoms with Gasteiger partial charge < -0.3 is 14.0 Å². The SMILES string of the molecule is CC1(OC=O)COB(C2CCCCC2)OC1. The van der Waals surface area contributed by atoms with Crippen molar-refractivity contribution in [1.82, 2.24) is 0 Å². The Bertz CT molecular complexity index is 232. The Hall–Kier alpha value is -0.545. The van der Waals surface area contributed by atoms with E-state index in [2.05, 4.69) is 0 Å². The van der Waals surface area contributed by atoms with Crippen molar-refractivity contribution in [2.24, 2.45) is 0 Å². The zero-order chi connectivity index (χ0) is 11.4. The summed E-state index contributed by atoms with van der Waals surface area (Å²) in [6, 6.07) is 0. The minimum absolute atomic E-state index is 0.0939. The van der Waals surface area contributed by atoms with Crippen LogP contribution in [0, 0.1) is 0 Å². The largest absolute Gasteiger partial charge is 0.460 e. The van der Waals surface area contributed by atoms with Crippen molar-refractivity contribution >= 4 is 13.6 Å². The van der Waals surface area contributed by atoms with E-state index in [1.54, 1.807) is 0 Å². The third kappa shape index (κ3) is 2.77. The summed E-state index contributed by atoms with van der Waals surface area (Å²) in [6.07, 6.45) is 6.26. The molecule has 0 spiro atoms. The molecule has 1 heterocycles. The first kappa shape index (κ1) is 11.9. The Morgan fingerprint density at radius 2 is 1.88 bits per heavy atom. The molecule has 1 aliphatic heterocycles. The Morgan fingerprint density at radius 1 is 1.25 bits per heavy atom. The average Bonchev–Trinajstić information content (AvgIpc) is 2.31. The van der Waals surface area contributed by atoms with Gasteiger partial charge in [-0.1, -0.05) is 32.1 Å². The van der Waals surface area contributed by atoms with Crippen molar-refractivity contribution in [2.45, 2.75) is 50.4 Å². The van der Waals surface area contributed by atoms with Crippen molar-refractivity contribution in [2.75, 3.05) is 13.2 Å². The number of ether oxygens (including phenoxy) is 1. The monoisotopic (exact) mass is 226 g/mol. The Kier molecular flexibility index (Phi) is 3.87. The summed E-state index contributed by atoms with van der Waals surface area (Å²) < 4.78 is 16.3. The fourth-order valence-electron chi connectivity index (χ4n) is 2.47. The van der Waals surface area contributed by atoms with Crippen molar-refractivity contribution in [1.29, 1.82) is 0 Å². The summed E-state index contributed by atoms with van der Waals surface area (Å²) in [6.45, 7) is 3.17. The van der Waals surface area contributed by atoms with E-state index in [0.29, 0.717) is 25.5 Å². The van der Waals surface area contributed by atoms with E-state index >= 15 is 0 Å². The number of hydrogen-bond acceptors (Lipinski definition) is 4. The van der Waals surface area contributed by atoms with Crippen LogP contribution in [0.3, 0.4) is 0 Å². The van der Waals surface area contributed by atoms with Gasteiger partial charge in [0.15, 0.2) is 5.60 Å². The summed E-state index contributed by atoms with van der Waals surface area (Å²) in [5, 5.41) is 0. The molecule has 0 N–H and O–H groups in total. The topological polar surface area (TPSA) is 44.8 Å². The first-order valence-electron chi connectivity index (χ1n) is 6.08. The predicted octanol–water partition coefficient (Wildman–Crippen LogP) is 1.79. The predicted molar refractivity (Wildman–Crippen MR) is 60.0 cm³/mol. The molecule has 0 aromatic rings. The fourth-order valence-corrected chi connectivity index (χ4v) is 2.47. The minimum atomic E-state index is -0.604. The zero-order valence-electron chi connectivity index (χ0n) is 9.81. The molecule has 4 nitrogen and oxygen atoms in total. The lowest BCUT2D eigenvalue weighted by atomic mass is 9.63. The smallest absolute Gasteiger partial charge is 0.457 e. The maximum Gasteiger partial charge on any atom is 0.460 e. The lowest BCUT2D eigenvalue weighted by molar-refractivity contribution is -0.155. The van der Waals surface area contributed by atoms with Crippen LogP contribution >= 0.6 is 0 Å². The molecule has 90 valence electrons. The van der Waals surface area contributed by atoms with Gasteiger partial charge >= 0.3 is 7.12 Å². The standard InChI is InChI=1S/C11H19BO4/c1-11(14-9-13)7-15-12(16-8-11)10-5-3-2-4-6-10/h9-10H,2-8H2,1H3. The van der Waals surface area contributed by atoms with E-state index in [0.717, 1.165) is 0 Å². The second-order valence-corrected chi connectivity index (χ2v) is 5.05. The number of carbonyl (C=O) groups is 1. The summed E-state index contributed by atoms with van der Waals surface area (Å²) in [5.74, 6) is 0.523. The molecule has 1 saturated heterocycles. The Morgan fingerprint density at radius 3 is 2.44 bits per heavy atom. The van der Waals surface area contributed by atoms with Crippen LogP contribution in [0.5, 0.6) is 0 Å². The highest BCUT2D eigenvalue weighted by atomic mass is 16.6. The van der Waals surface area contributed by atoms with E-state index in [-0.39, 0.29) is 7.12 Å². The van der Waals surface area contributed by atoms with Gasteiger partial charge in [0.1, 0.15) is 0 Å². The van der Waals surface area contributed by atoms with Crippen molar-refractivity contribution in [3.63, 3.8) is 0 Å². The van der Waals surface area contributed by atoms with Crippen LogP contribution in [0.4, 0.5) is 0 Å². The van der Waals surface area contributed by atoms with Gasteiger partial charge in [-0.05, 0) is 12.7 Å². The van der Waals surface area contributed by atoms with Gasteiger partial charge in [0.2, 0.25) is 0 Å². The van der Waals surface area contributed by atoms with Crippen LogP contribution in [-0.4, -0.2) is 32.4 Å². The van der Waals surface area contributed by atoms with Gasteiger partial charge in [-0.3, -0.25) is 4.79 Å². The number of carbonyl (C=O) groups excluding carboxylic acids is 1. The van der Waals surface area contributed by atoms with Crippen LogP contribution in [0.1, 0.15) is 39.0 Å². The van der Waals surface area contributed by atoms with Gasteiger partial charge in [-0.2, -0.15) is 0 Å². The van der Waals surface area contributed by atoms with E-state index in [1.165, 1.54) is 32.1 Å². The number of rotatable bonds is 3. The molecule has 0 bridgehead atoms. The molecule has 0 aromatic carbocycles. The molecule has 0 unspecified atom stereocenters. The van der Waals surface area contributed by atoms with Crippen LogP contribution < -0.4 is 0 Å². The third-order valence-corrected chi connectivity index (χ3v) is 3.47. The molecule has 0 atom stereocenters. The first-order valence-corrected chi connectivity index (χ1v) is 6.08. The van der Waals surface area contributed by atoms with Crippen molar-refractivity contribution in [3.8, 4) is 0 Å². The Balaban J connectivity index is 1.81. The number of hydrogen-bond donors (Lipinski definition) is 0. The van der Waals surface area contributed by atoms with Gasteiger partial charge in [0.25, 0.3) is 6.47 Å². The maximum absolute atomic E-state index is 10.3. The maximum atomic E-state index is 10.3. The van der Waals surface area contributed by atoms with Crippen LogP contribution in [0.2, 0.25) is 5.82 Å². The average molecular weight is 226 g/mol. The lowest BCUT2D eigenvalue weighted by Crippen LogP contribution is -2.50. The minimum Gasteiger partial charge on any atom is -0.457 e. The second-order valence-electron chi connectivity index (χ2n) is 5.05. The molecule has 1 aliphatic carbocycles. The van der Waals surface area contributed by atoms with E-state index in [4.69, 9.17) is 14.0 Å². The molecule has 0 aromatic heterocycles. The lowest BCUT2D eigenvalue weighted by Gasteiger charge is -2.37. The van der Waals surface area contributed by atoms with Crippen molar-refractivity contribution in [3.05, 3.63) is 0 Å². The van der Waals surface area contributed by atoms with Gasteiger partial charge in [0.05, 0.1) is 13.2 Å². The van der Waals surface area contributed by atoms with E-state index in [1.807, 2.05) is 6.92 Å². The molecular formula is C11H19BO4. The molecule has 5 heteroatoms. The highest BCUT2D eigenvalue weighted by Gasteiger charge is 2.41. The summed E-state index contributed by atoms with van der Waals surface area (Å²) >= 11 is 0. The summed E-state index contributed by atoms with van der Waals surface area (Å²) in [4.78, 5) is 10.3. The quantitative estimate of drug-likeness (QED) is 0.543. The highest BCUT2D eigenvalue weighted by molar-refractivity contribution is 6.46. The zero-order valence-corrected chi connectivity index (χ0v) is 9.81. The molecule has 2 rings (SSSR count). The fraction of sp³-hybridized carbons (Fsp3) is 0.909.